The lowest BCUT2D eigenvalue weighted by Gasteiger charge is -2.36. The number of halogens is 1. The maximum Gasteiger partial charge on any atom is 0.269 e. The largest absolute Gasteiger partial charge is 0.359 e. The topological polar surface area (TPSA) is 72.3 Å². The molecule has 1 aliphatic heterocycles. The summed E-state index contributed by atoms with van der Waals surface area (Å²) in [5.41, 5.74) is 0.268. The van der Waals surface area contributed by atoms with Crippen LogP contribution in [-0.4, -0.2) is 52.7 Å². The average Bonchev–Trinajstić information content (AvgIpc) is 3.20. The number of hydrogen-bond donors (Lipinski definition) is 2. The van der Waals surface area contributed by atoms with E-state index in [1.54, 1.807) is 11.0 Å². The van der Waals surface area contributed by atoms with Gasteiger partial charge in [0, 0.05) is 18.4 Å². The Hall–Kier alpha value is -2.58. The highest BCUT2D eigenvalue weighted by Crippen LogP contribution is 2.21. The van der Waals surface area contributed by atoms with Gasteiger partial charge in [-0.05, 0) is 56.6 Å². The first-order valence-corrected chi connectivity index (χ1v) is 9.61. The molecule has 2 N–H and O–H groups in total. The van der Waals surface area contributed by atoms with Crippen molar-refractivity contribution >= 4 is 28.8 Å². The Morgan fingerprint density at radius 2 is 2.22 bits per heavy atom. The first-order valence-electron chi connectivity index (χ1n) is 8.73. The summed E-state index contributed by atoms with van der Waals surface area (Å²) in [4.78, 5) is 21.1. The van der Waals surface area contributed by atoms with Gasteiger partial charge in [0.25, 0.3) is 5.91 Å². The Balaban J connectivity index is 1.75. The molecule has 3 heterocycles. The fraction of sp³-hybridized carbons (Fsp3) is 0.316. The second-order valence-corrected chi connectivity index (χ2v) is 7.35. The van der Waals surface area contributed by atoms with Crippen molar-refractivity contribution in [3.05, 3.63) is 58.9 Å². The van der Waals surface area contributed by atoms with E-state index in [0.717, 1.165) is 32.1 Å². The molecule has 142 valence electrons. The lowest BCUT2D eigenvalue weighted by molar-refractivity contribution is 0.0753. The van der Waals surface area contributed by atoms with E-state index < -0.39 is 5.82 Å². The quantitative estimate of drug-likeness (QED) is 0.609. The van der Waals surface area contributed by atoms with Gasteiger partial charge in [0.2, 0.25) is 0 Å². The van der Waals surface area contributed by atoms with Crippen molar-refractivity contribution in [2.75, 3.05) is 25.5 Å². The number of amidine groups is 1. The van der Waals surface area contributed by atoms with Crippen molar-refractivity contribution in [2.45, 2.75) is 18.9 Å². The zero-order valence-corrected chi connectivity index (χ0v) is 15.9. The molecule has 8 heteroatoms. The van der Waals surface area contributed by atoms with Crippen molar-refractivity contribution in [1.29, 1.82) is 5.41 Å². The van der Waals surface area contributed by atoms with E-state index in [2.05, 4.69) is 22.2 Å². The number of likely N-dealkylation sites (tertiary alicyclic amines) is 1. The predicted molar refractivity (Wildman–Crippen MR) is 106 cm³/mol. The molecule has 1 saturated heterocycles. The van der Waals surface area contributed by atoms with E-state index in [1.807, 2.05) is 11.4 Å². The molecule has 0 spiro atoms. The number of nitrogens with one attached hydrogen (secondary N) is 2. The van der Waals surface area contributed by atoms with Gasteiger partial charge in [-0.2, -0.15) is 0 Å². The Kier molecular flexibility index (Phi) is 6.31. The highest BCUT2D eigenvalue weighted by Gasteiger charge is 2.30. The van der Waals surface area contributed by atoms with Crippen LogP contribution in [0.15, 0.2) is 48.2 Å². The summed E-state index contributed by atoms with van der Waals surface area (Å²) in [7, 11) is 2.06. The van der Waals surface area contributed by atoms with E-state index in [0.29, 0.717) is 4.88 Å². The van der Waals surface area contributed by atoms with E-state index in [1.165, 1.54) is 35.9 Å². The minimum Gasteiger partial charge on any atom is -0.359 e. The van der Waals surface area contributed by atoms with Crippen LogP contribution < -0.4 is 5.32 Å². The van der Waals surface area contributed by atoms with E-state index in [9.17, 15) is 9.18 Å². The summed E-state index contributed by atoms with van der Waals surface area (Å²) in [6.07, 6.45) is 7.20. The lowest BCUT2D eigenvalue weighted by atomic mass is 10.0. The van der Waals surface area contributed by atoms with Crippen LogP contribution in [0.3, 0.4) is 0 Å². The minimum absolute atomic E-state index is 0.0226. The summed E-state index contributed by atoms with van der Waals surface area (Å²) >= 11 is 1.37. The van der Waals surface area contributed by atoms with Crippen molar-refractivity contribution in [2.24, 2.45) is 0 Å². The third-order valence-corrected chi connectivity index (χ3v) is 5.37. The van der Waals surface area contributed by atoms with Gasteiger partial charge >= 0.3 is 0 Å². The van der Waals surface area contributed by atoms with Crippen molar-refractivity contribution in [3.63, 3.8) is 0 Å². The number of thiophene rings is 1. The summed E-state index contributed by atoms with van der Waals surface area (Å²) in [6, 6.07) is 5.09. The normalized spacial score (nSPS) is 15.8. The molecule has 6 nitrogen and oxygen atoms in total. The predicted octanol–water partition coefficient (Wildman–Crippen LogP) is 3.42. The highest BCUT2D eigenvalue weighted by atomic mass is 32.1. The van der Waals surface area contributed by atoms with Gasteiger partial charge in [-0.15, -0.1) is 11.3 Å². The van der Waals surface area contributed by atoms with Crippen LogP contribution in [-0.2, 0) is 0 Å². The van der Waals surface area contributed by atoms with Crippen LogP contribution in [0.5, 0.6) is 0 Å². The molecule has 1 fully saturated rings. The Bertz CT molecular complexity index is 815. The summed E-state index contributed by atoms with van der Waals surface area (Å²) in [5, 5.41) is 13.1. The van der Waals surface area contributed by atoms with E-state index >= 15 is 0 Å². The zero-order chi connectivity index (χ0) is 19.2. The number of piperidine rings is 1. The number of aromatic nitrogens is 1. The standard InChI is InChI=1S/C19H22FN5OS/c1-24-10-6-14(7-11-24)25(19(26)17-3-2-12-27-17)18(21)5-9-23-16-4-8-22-13-15(16)20/h2-5,8-9,12-14,21H,6-7,10-11H2,1H3,(H,22,23)/b9-5-,21-18?. The Morgan fingerprint density at radius 1 is 1.44 bits per heavy atom. The maximum absolute atomic E-state index is 13.6. The number of anilines is 1. The molecule has 1 amide bonds. The molecule has 27 heavy (non-hydrogen) atoms. The number of hydrogen-bond acceptors (Lipinski definition) is 6. The second kappa shape index (κ2) is 8.88. The molecular weight excluding hydrogens is 365 g/mol. The maximum atomic E-state index is 13.6. The van der Waals surface area contributed by atoms with Crippen LogP contribution >= 0.6 is 11.3 Å². The molecular formula is C19H22FN5OS. The minimum atomic E-state index is -0.476. The van der Waals surface area contributed by atoms with Gasteiger partial charge < -0.3 is 10.2 Å². The molecule has 0 aromatic carbocycles. The fourth-order valence-corrected chi connectivity index (χ4v) is 3.69. The molecule has 0 bridgehead atoms. The number of nitrogens with zero attached hydrogens (tertiary/aromatic N) is 3. The number of pyridine rings is 1. The van der Waals surface area contributed by atoms with Gasteiger partial charge in [-0.3, -0.25) is 20.1 Å². The van der Waals surface area contributed by atoms with Crippen molar-refractivity contribution in [1.82, 2.24) is 14.8 Å². The lowest BCUT2D eigenvalue weighted by Crippen LogP contribution is -2.48. The van der Waals surface area contributed by atoms with Crippen LogP contribution in [0.1, 0.15) is 22.5 Å². The van der Waals surface area contributed by atoms with Crippen LogP contribution in [0.25, 0.3) is 0 Å². The molecule has 0 saturated carbocycles. The molecule has 0 unspecified atom stereocenters. The van der Waals surface area contributed by atoms with Gasteiger partial charge in [0.1, 0.15) is 5.84 Å². The molecule has 3 rings (SSSR count). The average molecular weight is 387 g/mol. The fourth-order valence-electron chi connectivity index (χ4n) is 3.03. The SMILES string of the molecule is CN1CCC(N(C(=N)/C=C\Nc2ccncc2F)C(=O)c2cccs2)CC1. The summed E-state index contributed by atoms with van der Waals surface area (Å²) in [6.45, 7) is 1.77. The molecule has 0 atom stereocenters. The third-order valence-electron chi connectivity index (χ3n) is 4.52. The molecule has 0 radical (unpaired) electrons. The summed E-state index contributed by atoms with van der Waals surface area (Å²) in [5.74, 6) is -0.551. The molecule has 0 aliphatic carbocycles. The molecule has 2 aromatic heterocycles. The van der Waals surface area contributed by atoms with Gasteiger partial charge in [0.15, 0.2) is 5.82 Å². The first-order chi connectivity index (χ1) is 13.1. The number of amides is 1. The van der Waals surface area contributed by atoms with Crippen LogP contribution in [0, 0.1) is 11.2 Å². The first kappa shape index (κ1) is 19.2. The molecule has 1 aliphatic rings. The number of rotatable bonds is 5. The van der Waals surface area contributed by atoms with Crippen LogP contribution in [0.4, 0.5) is 10.1 Å². The van der Waals surface area contributed by atoms with Gasteiger partial charge in [-0.25, -0.2) is 4.39 Å². The number of carbonyl (C=O) groups excluding carboxylic acids is 1. The van der Waals surface area contributed by atoms with Crippen molar-refractivity contribution < 1.29 is 9.18 Å². The van der Waals surface area contributed by atoms with Crippen LogP contribution in [0.2, 0.25) is 0 Å². The van der Waals surface area contributed by atoms with E-state index in [-0.39, 0.29) is 23.5 Å². The van der Waals surface area contributed by atoms with E-state index in [4.69, 9.17) is 5.41 Å². The molecule has 2 aromatic rings. The van der Waals surface area contributed by atoms with Gasteiger partial charge in [0.05, 0.1) is 16.8 Å². The third kappa shape index (κ3) is 4.78. The monoisotopic (exact) mass is 387 g/mol. The smallest absolute Gasteiger partial charge is 0.269 e. The highest BCUT2D eigenvalue weighted by molar-refractivity contribution is 7.12. The Labute approximate surface area is 161 Å². The number of carbonyl (C=O) groups is 1. The van der Waals surface area contributed by atoms with Crippen molar-refractivity contribution in [3.8, 4) is 0 Å². The van der Waals surface area contributed by atoms with Gasteiger partial charge in [-0.1, -0.05) is 6.07 Å². The summed E-state index contributed by atoms with van der Waals surface area (Å²) < 4.78 is 13.6. The Morgan fingerprint density at radius 3 is 2.89 bits per heavy atom. The zero-order valence-electron chi connectivity index (χ0n) is 15.1. The second-order valence-electron chi connectivity index (χ2n) is 6.41.